The summed E-state index contributed by atoms with van der Waals surface area (Å²) in [7, 11) is 0. The van der Waals surface area contributed by atoms with Crippen molar-refractivity contribution in [1.29, 1.82) is 0 Å². The molecule has 1 aromatic heterocycles. The molecule has 0 bridgehead atoms. The number of phenols is 4. The highest BCUT2D eigenvalue weighted by molar-refractivity contribution is 5.82. The molecule has 6 nitrogen and oxygen atoms in total. The number of hydrogen-bond donors (Lipinski definition) is 4. The van der Waals surface area contributed by atoms with E-state index in [0.29, 0.717) is 0 Å². The average Bonchev–Trinajstić information content (AvgIpc) is 2.51. The molecule has 0 spiro atoms. The zero-order valence-electron chi connectivity index (χ0n) is 12.6. The molecule has 1 heterocycles. The molecule has 0 saturated heterocycles. The van der Waals surface area contributed by atoms with Crippen LogP contribution in [0.4, 0.5) is 0 Å². The molecule has 3 aromatic rings. The molecular weight excluding hydrogens is 300 g/mol. The second kappa shape index (κ2) is 6.31. The van der Waals surface area contributed by atoms with Crippen molar-refractivity contribution in [1.82, 2.24) is 0 Å². The second-order valence-electron chi connectivity index (χ2n) is 4.51. The molecule has 0 fully saturated rings. The first-order valence-electron chi connectivity index (χ1n) is 6.98. The van der Waals surface area contributed by atoms with Crippen molar-refractivity contribution in [2.45, 2.75) is 13.8 Å². The number of aromatic hydroxyl groups is 4. The van der Waals surface area contributed by atoms with Crippen LogP contribution in [0.5, 0.6) is 23.0 Å². The monoisotopic (exact) mass is 316 g/mol. The largest absolute Gasteiger partial charge is 0.508 e. The Labute approximate surface area is 131 Å². The normalized spacial score (nSPS) is 10.2. The van der Waals surface area contributed by atoms with Crippen LogP contribution < -0.4 is 5.43 Å². The smallest absolute Gasteiger partial charge is 0.193 e. The SMILES string of the molecule is CC.O=c1cc(-c2ccc(O)cc2O)oc2cc(O)c(O)cc12. The van der Waals surface area contributed by atoms with E-state index in [4.69, 9.17) is 4.42 Å². The summed E-state index contributed by atoms with van der Waals surface area (Å²) >= 11 is 0. The quantitative estimate of drug-likeness (QED) is 0.513. The Hall–Kier alpha value is -3.15. The first-order valence-corrected chi connectivity index (χ1v) is 6.98. The fraction of sp³-hybridized carbons (Fsp3) is 0.118. The van der Waals surface area contributed by atoms with Crippen molar-refractivity contribution >= 4 is 11.0 Å². The molecule has 0 amide bonds. The third-order valence-electron chi connectivity index (χ3n) is 3.07. The number of benzene rings is 2. The number of phenolic OH excluding ortho intramolecular Hbond substituents is 4. The van der Waals surface area contributed by atoms with Crippen LogP contribution in [0.25, 0.3) is 22.3 Å². The van der Waals surface area contributed by atoms with Gasteiger partial charge in [0.25, 0.3) is 0 Å². The molecule has 0 aliphatic carbocycles. The zero-order valence-corrected chi connectivity index (χ0v) is 12.6. The zero-order chi connectivity index (χ0) is 17.1. The minimum absolute atomic E-state index is 0.0697. The highest BCUT2D eigenvalue weighted by Gasteiger charge is 2.13. The number of fused-ring (bicyclic) bond motifs is 1. The average molecular weight is 316 g/mol. The van der Waals surface area contributed by atoms with Gasteiger partial charge in [-0.1, -0.05) is 13.8 Å². The molecule has 2 aromatic carbocycles. The van der Waals surface area contributed by atoms with E-state index in [1.807, 2.05) is 13.8 Å². The first kappa shape index (κ1) is 16.2. The van der Waals surface area contributed by atoms with E-state index >= 15 is 0 Å². The first-order chi connectivity index (χ1) is 11.0. The van der Waals surface area contributed by atoms with Gasteiger partial charge < -0.3 is 24.8 Å². The molecule has 4 N–H and O–H groups in total. The molecule has 0 saturated carbocycles. The molecule has 6 heteroatoms. The van der Waals surface area contributed by atoms with Gasteiger partial charge in [0.15, 0.2) is 16.9 Å². The van der Waals surface area contributed by atoms with Gasteiger partial charge in [0.2, 0.25) is 0 Å². The van der Waals surface area contributed by atoms with Gasteiger partial charge in [0.05, 0.1) is 10.9 Å². The van der Waals surface area contributed by atoms with Crippen LogP contribution in [-0.4, -0.2) is 20.4 Å². The van der Waals surface area contributed by atoms with E-state index in [2.05, 4.69) is 0 Å². The Morgan fingerprint density at radius 2 is 1.48 bits per heavy atom. The summed E-state index contributed by atoms with van der Waals surface area (Å²) in [6, 6.07) is 7.24. The van der Waals surface area contributed by atoms with Gasteiger partial charge in [-0.15, -0.1) is 0 Å². The lowest BCUT2D eigenvalue weighted by atomic mass is 10.1. The van der Waals surface area contributed by atoms with E-state index in [1.165, 1.54) is 12.1 Å². The molecular formula is C17H16O6. The highest BCUT2D eigenvalue weighted by Crippen LogP contribution is 2.34. The lowest BCUT2D eigenvalue weighted by Gasteiger charge is -2.06. The maximum atomic E-state index is 12.0. The standard InChI is InChI=1S/C15H10O6.C2H6/c16-7-1-2-8(10(17)3-7)14-5-11(18)9-4-12(19)13(20)6-15(9)21-14;1-2/h1-6,16-17,19-20H;1-2H3. The Bertz CT molecular complexity index is 911. The summed E-state index contributed by atoms with van der Waals surface area (Å²) in [5, 5.41) is 38.0. The van der Waals surface area contributed by atoms with Gasteiger partial charge in [-0.25, -0.2) is 0 Å². The van der Waals surface area contributed by atoms with Gasteiger partial charge >= 0.3 is 0 Å². The van der Waals surface area contributed by atoms with Crippen LogP contribution in [0.15, 0.2) is 45.6 Å². The summed E-state index contributed by atoms with van der Waals surface area (Å²) in [5.74, 6) is -1.13. The Morgan fingerprint density at radius 1 is 0.826 bits per heavy atom. The van der Waals surface area contributed by atoms with Gasteiger partial charge in [0.1, 0.15) is 22.8 Å². The fourth-order valence-electron chi connectivity index (χ4n) is 2.04. The summed E-state index contributed by atoms with van der Waals surface area (Å²) in [4.78, 5) is 12.0. The third-order valence-corrected chi connectivity index (χ3v) is 3.07. The van der Waals surface area contributed by atoms with Crippen molar-refractivity contribution in [2.24, 2.45) is 0 Å². The van der Waals surface area contributed by atoms with Crippen LogP contribution in [0.2, 0.25) is 0 Å². The van der Waals surface area contributed by atoms with Crippen LogP contribution in [-0.2, 0) is 0 Å². The van der Waals surface area contributed by atoms with Crippen LogP contribution in [0, 0.1) is 0 Å². The Balaban J connectivity index is 0.000000924. The third kappa shape index (κ3) is 3.06. The molecule has 0 aliphatic heterocycles. The second-order valence-corrected chi connectivity index (χ2v) is 4.51. The maximum absolute atomic E-state index is 12.0. The highest BCUT2D eigenvalue weighted by atomic mass is 16.3. The van der Waals surface area contributed by atoms with Crippen LogP contribution >= 0.6 is 0 Å². The molecule has 0 atom stereocenters. The maximum Gasteiger partial charge on any atom is 0.193 e. The molecule has 3 rings (SSSR count). The van der Waals surface area contributed by atoms with Gasteiger partial charge in [-0.2, -0.15) is 0 Å². The van der Waals surface area contributed by atoms with Gasteiger partial charge in [-0.3, -0.25) is 4.79 Å². The van der Waals surface area contributed by atoms with Crippen molar-refractivity contribution in [2.75, 3.05) is 0 Å². The number of hydrogen-bond acceptors (Lipinski definition) is 6. The molecule has 0 aliphatic rings. The predicted octanol–water partition coefficient (Wildman–Crippen LogP) is 3.31. The van der Waals surface area contributed by atoms with E-state index in [1.54, 1.807) is 0 Å². The topological polar surface area (TPSA) is 111 Å². The molecule has 0 radical (unpaired) electrons. The summed E-state index contributed by atoms with van der Waals surface area (Å²) in [6.07, 6.45) is 0. The van der Waals surface area contributed by atoms with Crippen molar-refractivity contribution < 1.29 is 24.8 Å². The molecule has 23 heavy (non-hydrogen) atoms. The fourth-order valence-corrected chi connectivity index (χ4v) is 2.04. The van der Waals surface area contributed by atoms with Crippen molar-refractivity contribution in [3.63, 3.8) is 0 Å². The van der Waals surface area contributed by atoms with E-state index in [0.717, 1.165) is 24.3 Å². The molecule has 0 unspecified atom stereocenters. The molecule has 120 valence electrons. The van der Waals surface area contributed by atoms with Crippen LogP contribution in [0.1, 0.15) is 13.8 Å². The minimum Gasteiger partial charge on any atom is -0.508 e. The minimum atomic E-state index is -0.436. The Morgan fingerprint density at radius 3 is 2.13 bits per heavy atom. The van der Waals surface area contributed by atoms with Gasteiger partial charge in [0, 0.05) is 18.2 Å². The van der Waals surface area contributed by atoms with E-state index in [9.17, 15) is 25.2 Å². The van der Waals surface area contributed by atoms with E-state index in [-0.39, 0.29) is 33.8 Å². The summed E-state index contributed by atoms with van der Waals surface area (Å²) in [6.45, 7) is 4.00. The number of rotatable bonds is 1. The van der Waals surface area contributed by atoms with Gasteiger partial charge in [-0.05, 0) is 18.2 Å². The summed E-state index contributed by atoms with van der Waals surface area (Å²) < 4.78 is 5.47. The predicted molar refractivity (Wildman–Crippen MR) is 85.9 cm³/mol. The summed E-state index contributed by atoms with van der Waals surface area (Å²) in [5.41, 5.74) is -0.145. The Kier molecular flexibility index (Phi) is 4.45. The lowest BCUT2D eigenvalue weighted by molar-refractivity contribution is 0.403. The van der Waals surface area contributed by atoms with Crippen molar-refractivity contribution in [3.05, 3.63) is 46.6 Å². The van der Waals surface area contributed by atoms with E-state index < -0.39 is 16.9 Å². The van der Waals surface area contributed by atoms with Crippen LogP contribution in [0.3, 0.4) is 0 Å². The van der Waals surface area contributed by atoms with Crippen molar-refractivity contribution in [3.8, 4) is 34.3 Å². The lowest BCUT2D eigenvalue weighted by Crippen LogP contribution is -2.00.